The predicted octanol–water partition coefficient (Wildman–Crippen LogP) is -2.22. The highest BCUT2D eigenvalue weighted by atomic mass is 16.5. The Labute approximate surface area is 172 Å². The molecule has 30 heavy (non-hydrogen) atoms. The molecule has 164 valence electrons. The minimum absolute atomic E-state index is 0.0294. The number of hydrogen-bond donors (Lipinski definition) is 6. The molecule has 0 aromatic carbocycles. The van der Waals surface area contributed by atoms with Crippen molar-refractivity contribution in [3.05, 3.63) is 34.9 Å². The number of carbonyl (C=O) groups excluding carboxylic acids is 1. The highest BCUT2D eigenvalue weighted by Gasteiger charge is 2.35. The van der Waals surface area contributed by atoms with Gasteiger partial charge in [0.05, 0.1) is 6.04 Å². The predicted molar refractivity (Wildman–Crippen MR) is 107 cm³/mol. The van der Waals surface area contributed by atoms with E-state index in [0.717, 1.165) is 4.57 Å². The van der Waals surface area contributed by atoms with Crippen LogP contribution in [0.1, 0.15) is 19.1 Å². The maximum Gasteiger partial charge on any atom is 0.351 e. The number of aromatic nitrogens is 2. The lowest BCUT2D eigenvalue weighted by atomic mass is 10.1. The van der Waals surface area contributed by atoms with E-state index in [1.807, 2.05) is 0 Å². The van der Waals surface area contributed by atoms with Crippen LogP contribution < -0.4 is 28.2 Å². The summed E-state index contributed by atoms with van der Waals surface area (Å²) in [6, 6.07) is -0.0702. The van der Waals surface area contributed by atoms with Crippen LogP contribution in [-0.4, -0.2) is 69.2 Å². The number of carboxylic acid groups (broad SMARTS) is 1. The number of carboxylic acids is 1. The molecule has 0 radical (unpaired) electrons. The smallest absolute Gasteiger partial charge is 0.351 e. The molecule has 4 atom stereocenters. The van der Waals surface area contributed by atoms with Crippen molar-refractivity contribution in [2.45, 2.75) is 37.3 Å². The van der Waals surface area contributed by atoms with Crippen molar-refractivity contribution >= 4 is 23.7 Å². The van der Waals surface area contributed by atoms with Gasteiger partial charge in [-0.1, -0.05) is 6.08 Å². The zero-order valence-corrected chi connectivity index (χ0v) is 16.4. The van der Waals surface area contributed by atoms with Crippen LogP contribution in [-0.2, 0) is 14.3 Å². The summed E-state index contributed by atoms with van der Waals surface area (Å²) in [5.41, 5.74) is 16.0. The minimum atomic E-state index is -1.42. The largest absolute Gasteiger partial charge is 0.479 e. The van der Waals surface area contributed by atoms with Gasteiger partial charge in [-0.25, -0.2) is 9.59 Å². The third-order valence-electron chi connectivity index (χ3n) is 4.49. The van der Waals surface area contributed by atoms with E-state index in [1.165, 1.54) is 29.3 Å². The lowest BCUT2D eigenvalue weighted by Gasteiger charge is -2.31. The van der Waals surface area contributed by atoms with Crippen molar-refractivity contribution in [1.82, 2.24) is 19.8 Å². The number of amides is 1. The minimum Gasteiger partial charge on any atom is -0.479 e. The number of nitrogens with zero attached hydrogens (tertiary/aromatic N) is 3. The Hall–Kier alpha value is -3.45. The molecule has 9 N–H and O–H groups in total. The Kier molecular flexibility index (Phi) is 7.49. The van der Waals surface area contributed by atoms with E-state index >= 15 is 0 Å². The second-order valence-corrected chi connectivity index (χ2v) is 6.87. The van der Waals surface area contributed by atoms with Gasteiger partial charge in [-0.3, -0.25) is 14.8 Å². The van der Waals surface area contributed by atoms with Crippen LogP contribution >= 0.6 is 0 Å². The molecule has 0 saturated carbocycles. The SMILES string of the molecule is CN(CC[C@H](N)CC(=O)N[C@H]1C=CC(n2ccc(N)nc2=O)O[C@@H]1C(=O)O)C(=N)N. The topological polar surface area (TPSA) is 216 Å². The zero-order valence-electron chi connectivity index (χ0n) is 16.4. The second-order valence-electron chi connectivity index (χ2n) is 6.87. The van der Waals surface area contributed by atoms with Gasteiger partial charge in [0.25, 0.3) is 0 Å². The lowest BCUT2D eigenvalue weighted by molar-refractivity contribution is -0.159. The maximum atomic E-state index is 12.3. The highest BCUT2D eigenvalue weighted by molar-refractivity contribution is 5.80. The van der Waals surface area contributed by atoms with Gasteiger partial charge >= 0.3 is 11.7 Å². The fraction of sp³-hybridized carbons (Fsp3) is 0.471. The first-order chi connectivity index (χ1) is 14.1. The molecule has 0 fully saturated rings. The number of aliphatic carboxylic acids is 1. The van der Waals surface area contributed by atoms with Crippen molar-refractivity contribution in [3.8, 4) is 0 Å². The Bertz CT molecular complexity index is 885. The van der Waals surface area contributed by atoms with Gasteiger partial charge < -0.3 is 37.3 Å². The normalized spacial score (nSPS) is 21.6. The van der Waals surface area contributed by atoms with Crippen LogP contribution in [0.15, 0.2) is 29.2 Å². The molecule has 0 aliphatic carbocycles. The Morgan fingerprint density at radius 3 is 2.77 bits per heavy atom. The molecule has 0 bridgehead atoms. The summed E-state index contributed by atoms with van der Waals surface area (Å²) in [4.78, 5) is 40.9. The molecule has 2 rings (SSSR count). The lowest BCUT2D eigenvalue weighted by Crippen LogP contribution is -2.51. The molecule has 2 heterocycles. The first-order valence-electron chi connectivity index (χ1n) is 9.10. The molecular formula is C17H26N8O5. The molecule has 0 spiro atoms. The van der Waals surface area contributed by atoms with Gasteiger partial charge in [0.15, 0.2) is 18.3 Å². The number of guanidine groups is 1. The van der Waals surface area contributed by atoms with E-state index in [9.17, 15) is 19.5 Å². The number of nitrogens with two attached hydrogens (primary N) is 3. The monoisotopic (exact) mass is 422 g/mol. The number of anilines is 1. The fourth-order valence-electron chi connectivity index (χ4n) is 2.77. The van der Waals surface area contributed by atoms with Crippen molar-refractivity contribution < 1.29 is 19.4 Å². The van der Waals surface area contributed by atoms with E-state index in [2.05, 4.69) is 10.3 Å². The van der Waals surface area contributed by atoms with Gasteiger partial charge in [-0.2, -0.15) is 4.98 Å². The van der Waals surface area contributed by atoms with Crippen molar-refractivity contribution in [2.24, 2.45) is 11.5 Å². The molecule has 13 nitrogen and oxygen atoms in total. The maximum absolute atomic E-state index is 12.3. The number of nitrogens with one attached hydrogen (secondary N) is 2. The van der Waals surface area contributed by atoms with Crippen LogP contribution in [0.25, 0.3) is 0 Å². The molecule has 13 heteroatoms. The quantitative estimate of drug-likeness (QED) is 0.151. The summed E-state index contributed by atoms with van der Waals surface area (Å²) in [6.07, 6.45) is 2.17. The van der Waals surface area contributed by atoms with E-state index in [4.69, 9.17) is 27.3 Å². The summed E-state index contributed by atoms with van der Waals surface area (Å²) in [7, 11) is 1.63. The molecular weight excluding hydrogens is 396 g/mol. The number of rotatable bonds is 8. The third-order valence-corrected chi connectivity index (χ3v) is 4.49. The first kappa shape index (κ1) is 22.8. The Morgan fingerprint density at radius 2 is 2.17 bits per heavy atom. The van der Waals surface area contributed by atoms with E-state index in [1.54, 1.807) is 7.05 Å². The standard InChI is InChI=1S/C17H26N8O5/c1-24(16(20)21)6-4-9(18)8-12(26)22-10-2-3-13(30-14(10)15(27)28)25-7-5-11(19)23-17(25)29/h2-3,5,7,9-10,13-14H,4,6,8,18H2,1H3,(H3,20,21)(H,22,26)(H,27,28)(H2,19,23,29)/t9-,10-,13?,14-/m0/s1. The summed E-state index contributed by atoms with van der Waals surface area (Å²) >= 11 is 0. The Morgan fingerprint density at radius 1 is 1.47 bits per heavy atom. The summed E-state index contributed by atoms with van der Waals surface area (Å²) in [5.74, 6) is -1.84. The van der Waals surface area contributed by atoms with Gasteiger partial charge in [0, 0.05) is 32.3 Å². The summed E-state index contributed by atoms with van der Waals surface area (Å²) in [5, 5.41) is 19.4. The third kappa shape index (κ3) is 6.02. The molecule has 0 saturated heterocycles. The second kappa shape index (κ2) is 9.84. The van der Waals surface area contributed by atoms with E-state index < -0.39 is 42.0 Å². The van der Waals surface area contributed by atoms with Crippen LogP contribution in [0.3, 0.4) is 0 Å². The number of carbonyl (C=O) groups is 2. The van der Waals surface area contributed by atoms with Crippen molar-refractivity contribution in [1.29, 1.82) is 5.41 Å². The molecule has 1 amide bonds. The molecule has 1 aliphatic rings. The Balaban J connectivity index is 2.01. The average molecular weight is 422 g/mol. The van der Waals surface area contributed by atoms with E-state index in [-0.39, 0.29) is 18.2 Å². The number of hydrogen-bond acceptors (Lipinski definition) is 8. The fourth-order valence-corrected chi connectivity index (χ4v) is 2.77. The summed E-state index contributed by atoms with van der Waals surface area (Å²) in [6.45, 7) is 0.403. The van der Waals surface area contributed by atoms with Crippen LogP contribution in [0.4, 0.5) is 5.82 Å². The molecule has 1 unspecified atom stereocenters. The van der Waals surface area contributed by atoms with Crippen molar-refractivity contribution in [2.75, 3.05) is 19.3 Å². The summed E-state index contributed by atoms with van der Waals surface area (Å²) < 4.78 is 6.57. The van der Waals surface area contributed by atoms with Gasteiger partial charge in [-0.05, 0) is 18.6 Å². The van der Waals surface area contributed by atoms with Crippen LogP contribution in [0.5, 0.6) is 0 Å². The number of nitrogen functional groups attached to an aromatic ring is 1. The highest BCUT2D eigenvalue weighted by Crippen LogP contribution is 2.20. The molecule has 1 aliphatic heterocycles. The van der Waals surface area contributed by atoms with Crippen LogP contribution in [0.2, 0.25) is 0 Å². The van der Waals surface area contributed by atoms with E-state index in [0.29, 0.717) is 13.0 Å². The van der Waals surface area contributed by atoms with Crippen LogP contribution in [0, 0.1) is 5.41 Å². The van der Waals surface area contributed by atoms with Crippen molar-refractivity contribution in [3.63, 3.8) is 0 Å². The first-order valence-corrected chi connectivity index (χ1v) is 9.10. The molecule has 1 aromatic heterocycles. The van der Waals surface area contributed by atoms with Gasteiger partial charge in [0.2, 0.25) is 5.91 Å². The average Bonchev–Trinajstić information content (AvgIpc) is 2.66. The number of ether oxygens (including phenoxy) is 1. The zero-order chi connectivity index (χ0) is 22.4. The molecule has 1 aromatic rings. The van der Waals surface area contributed by atoms with Gasteiger partial charge in [-0.15, -0.1) is 0 Å². The van der Waals surface area contributed by atoms with Gasteiger partial charge in [0.1, 0.15) is 5.82 Å².